The average Bonchev–Trinajstić information content (AvgIpc) is 3.36. The number of thiophene rings is 1. The van der Waals surface area contributed by atoms with Gasteiger partial charge in [-0.25, -0.2) is 9.37 Å². The summed E-state index contributed by atoms with van der Waals surface area (Å²) in [6, 6.07) is 7.07. The second-order valence-corrected chi connectivity index (χ2v) is 8.49. The Morgan fingerprint density at radius 1 is 1.28 bits per heavy atom. The SMILES string of the molecule is O=C(c1ccc([N+](=O)[O-])s1)N(CCN1CCOCC1)c1nc2ccc(F)cc2s1. The van der Waals surface area contributed by atoms with Crippen molar-refractivity contribution in [3.8, 4) is 0 Å². The number of amides is 1. The van der Waals surface area contributed by atoms with Gasteiger partial charge in [-0.05, 0) is 24.3 Å². The quantitative estimate of drug-likeness (QED) is 0.435. The normalized spacial score (nSPS) is 14.9. The van der Waals surface area contributed by atoms with E-state index < -0.39 is 4.92 Å². The third kappa shape index (κ3) is 4.42. The molecule has 152 valence electrons. The number of carbonyl (C=O) groups is 1. The Hall–Kier alpha value is -2.47. The summed E-state index contributed by atoms with van der Waals surface area (Å²) in [6.45, 7) is 3.83. The second kappa shape index (κ2) is 8.49. The van der Waals surface area contributed by atoms with Gasteiger partial charge in [-0.2, -0.15) is 0 Å². The minimum atomic E-state index is -0.514. The van der Waals surface area contributed by atoms with Gasteiger partial charge >= 0.3 is 5.00 Å². The Morgan fingerprint density at radius 2 is 2.07 bits per heavy atom. The molecule has 1 aliphatic heterocycles. The van der Waals surface area contributed by atoms with Crippen LogP contribution in [0.1, 0.15) is 9.67 Å². The van der Waals surface area contributed by atoms with E-state index in [0.29, 0.717) is 41.7 Å². The molecule has 1 amide bonds. The lowest BCUT2D eigenvalue weighted by atomic mass is 10.3. The number of morpholine rings is 1. The highest BCUT2D eigenvalue weighted by Crippen LogP contribution is 2.32. The van der Waals surface area contributed by atoms with E-state index in [0.717, 1.165) is 24.4 Å². The molecule has 3 heterocycles. The zero-order valence-corrected chi connectivity index (χ0v) is 16.9. The van der Waals surface area contributed by atoms with Crippen LogP contribution >= 0.6 is 22.7 Å². The number of hydrogen-bond donors (Lipinski definition) is 0. The van der Waals surface area contributed by atoms with Crippen LogP contribution in [0, 0.1) is 15.9 Å². The number of anilines is 1. The monoisotopic (exact) mass is 436 g/mol. The molecule has 0 spiro atoms. The third-order valence-corrected chi connectivity index (χ3v) is 6.61. The molecule has 3 aromatic rings. The maximum Gasteiger partial charge on any atom is 0.324 e. The Labute approximate surface area is 173 Å². The molecule has 1 saturated heterocycles. The van der Waals surface area contributed by atoms with Crippen molar-refractivity contribution in [1.82, 2.24) is 9.88 Å². The summed E-state index contributed by atoms with van der Waals surface area (Å²) < 4.78 is 19.6. The smallest absolute Gasteiger partial charge is 0.324 e. The standard InChI is InChI=1S/C18H17FN4O4S2/c19-12-1-2-13-15(11-12)29-18(20-13)22(6-5-21-7-9-27-10-8-21)17(24)14-3-4-16(28-14)23(25)26/h1-4,11H,5-10H2. The highest BCUT2D eigenvalue weighted by Gasteiger charge is 2.25. The first-order valence-electron chi connectivity index (χ1n) is 8.93. The molecule has 0 atom stereocenters. The third-order valence-electron chi connectivity index (χ3n) is 4.54. The van der Waals surface area contributed by atoms with Crippen LogP contribution in [0.5, 0.6) is 0 Å². The molecule has 0 aliphatic carbocycles. The Kier molecular flexibility index (Phi) is 5.81. The first-order valence-corrected chi connectivity index (χ1v) is 10.6. The van der Waals surface area contributed by atoms with E-state index in [1.807, 2.05) is 0 Å². The molecular formula is C18H17FN4O4S2. The Balaban J connectivity index is 1.62. The van der Waals surface area contributed by atoms with Crippen molar-refractivity contribution in [2.45, 2.75) is 0 Å². The molecule has 0 N–H and O–H groups in total. The molecular weight excluding hydrogens is 419 g/mol. The number of rotatable bonds is 6. The molecule has 1 fully saturated rings. The summed E-state index contributed by atoms with van der Waals surface area (Å²) in [6.07, 6.45) is 0. The predicted molar refractivity (Wildman–Crippen MR) is 109 cm³/mol. The van der Waals surface area contributed by atoms with Crippen molar-refractivity contribution in [3.63, 3.8) is 0 Å². The number of thiazole rings is 1. The fourth-order valence-electron chi connectivity index (χ4n) is 3.03. The molecule has 0 saturated carbocycles. The first-order chi connectivity index (χ1) is 14.0. The van der Waals surface area contributed by atoms with E-state index in [4.69, 9.17) is 4.74 Å². The van der Waals surface area contributed by atoms with E-state index in [2.05, 4.69) is 9.88 Å². The molecule has 4 rings (SSSR count). The van der Waals surface area contributed by atoms with E-state index >= 15 is 0 Å². The van der Waals surface area contributed by atoms with Crippen molar-refractivity contribution >= 4 is 48.9 Å². The summed E-state index contributed by atoms with van der Waals surface area (Å²) in [5.41, 5.74) is 0.604. The van der Waals surface area contributed by atoms with Crippen LogP contribution in [0.4, 0.5) is 14.5 Å². The molecule has 1 aromatic carbocycles. The van der Waals surface area contributed by atoms with Crippen molar-refractivity contribution < 1.29 is 18.8 Å². The van der Waals surface area contributed by atoms with Gasteiger partial charge in [0.05, 0.1) is 33.2 Å². The molecule has 11 heteroatoms. The van der Waals surface area contributed by atoms with Crippen LogP contribution in [0.25, 0.3) is 10.2 Å². The van der Waals surface area contributed by atoms with Gasteiger partial charge in [0, 0.05) is 32.2 Å². The van der Waals surface area contributed by atoms with Crippen molar-refractivity contribution in [2.24, 2.45) is 0 Å². The lowest BCUT2D eigenvalue weighted by Gasteiger charge is -2.29. The summed E-state index contributed by atoms with van der Waals surface area (Å²) in [5.74, 6) is -0.719. The molecule has 8 nitrogen and oxygen atoms in total. The predicted octanol–water partition coefficient (Wildman–Crippen LogP) is 3.38. The van der Waals surface area contributed by atoms with Crippen LogP contribution in [0.2, 0.25) is 0 Å². The highest BCUT2D eigenvalue weighted by molar-refractivity contribution is 7.22. The zero-order chi connectivity index (χ0) is 20.4. The van der Waals surface area contributed by atoms with Crippen LogP contribution in [0.15, 0.2) is 30.3 Å². The lowest BCUT2D eigenvalue weighted by molar-refractivity contribution is -0.380. The van der Waals surface area contributed by atoms with E-state index in [9.17, 15) is 19.3 Å². The van der Waals surface area contributed by atoms with Crippen molar-refractivity contribution in [1.29, 1.82) is 0 Å². The Bertz CT molecular complexity index is 1050. The number of nitrogens with zero attached hydrogens (tertiary/aromatic N) is 4. The van der Waals surface area contributed by atoms with Crippen LogP contribution < -0.4 is 4.90 Å². The van der Waals surface area contributed by atoms with Crippen molar-refractivity contribution in [2.75, 3.05) is 44.3 Å². The number of hydrogen-bond acceptors (Lipinski definition) is 8. The molecule has 0 radical (unpaired) electrons. The van der Waals surface area contributed by atoms with Crippen LogP contribution in [0.3, 0.4) is 0 Å². The number of aromatic nitrogens is 1. The van der Waals surface area contributed by atoms with Gasteiger partial charge < -0.3 is 4.74 Å². The minimum absolute atomic E-state index is 0.0900. The number of fused-ring (bicyclic) bond motifs is 1. The minimum Gasteiger partial charge on any atom is -0.379 e. The van der Waals surface area contributed by atoms with Gasteiger partial charge in [-0.1, -0.05) is 22.7 Å². The maximum atomic E-state index is 13.6. The molecule has 1 aliphatic rings. The average molecular weight is 436 g/mol. The van der Waals surface area contributed by atoms with Crippen LogP contribution in [-0.4, -0.2) is 60.1 Å². The fraction of sp³-hybridized carbons (Fsp3) is 0.333. The van der Waals surface area contributed by atoms with Gasteiger partial charge in [0.15, 0.2) is 5.13 Å². The molecule has 0 bridgehead atoms. The van der Waals surface area contributed by atoms with Gasteiger partial charge in [0.1, 0.15) is 5.82 Å². The summed E-state index contributed by atoms with van der Waals surface area (Å²) in [5, 5.41) is 11.3. The van der Waals surface area contributed by atoms with Gasteiger partial charge in [0.25, 0.3) is 5.91 Å². The van der Waals surface area contributed by atoms with E-state index in [1.54, 1.807) is 6.07 Å². The second-order valence-electron chi connectivity index (χ2n) is 6.41. The summed E-state index contributed by atoms with van der Waals surface area (Å²) >= 11 is 2.06. The Morgan fingerprint density at radius 3 is 2.79 bits per heavy atom. The maximum absolute atomic E-state index is 13.6. The molecule has 0 unspecified atom stereocenters. The summed E-state index contributed by atoms with van der Waals surface area (Å²) in [4.78, 5) is 32.1. The fourth-order valence-corrected chi connectivity index (χ4v) is 4.81. The first kappa shape index (κ1) is 19.8. The number of benzene rings is 1. The largest absolute Gasteiger partial charge is 0.379 e. The summed E-state index contributed by atoms with van der Waals surface area (Å²) in [7, 11) is 0. The van der Waals surface area contributed by atoms with Gasteiger partial charge in [0.2, 0.25) is 0 Å². The number of carbonyl (C=O) groups excluding carboxylic acids is 1. The van der Waals surface area contributed by atoms with Gasteiger partial charge in [-0.15, -0.1) is 0 Å². The van der Waals surface area contributed by atoms with Crippen molar-refractivity contribution in [3.05, 3.63) is 51.1 Å². The van der Waals surface area contributed by atoms with Gasteiger partial charge in [-0.3, -0.25) is 24.7 Å². The highest BCUT2D eigenvalue weighted by atomic mass is 32.1. The number of nitro groups is 1. The van der Waals surface area contributed by atoms with E-state index in [1.165, 1.54) is 40.5 Å². The zero-order valence-electron chi connectivity index (χ0n) is 15.2. The molecule has 2 aromatic heterocycles. The molecule has 29 heavy (non-hydrogen) atoms. The number of ether oxygens (including phenoxy) is 1. The number of halogens is 1. The van der Waals surface area contributed by atoms with Crippen LogP contribution in [-0.2, 0) is 4.74 Å². The lowest BCUT2D eigenvalue weighted by Crippen LogP contribution is -2.43. The topological polar surface area (TPSA) is 88.8 Å². The van der Waals surface area contributed by atoms with E-state index in [-0.39, 0.29) is 21.6 Å².